The van der Waals surface area contributed by atoms with Crippen LogP contribution in [0.3, 0.4) is 0 Å². The molecule has 1 amide bonds. The Morgan fingerprint density at radius 2 is 1.59 bits per heavy atom. The number of hydrogen-bond acceptors (Lipinski definition) is 3. The predicted molar refractivity (Wildman–Crippen MR) is 116 cm³/mol. The fourth-order valence-corrected chi connectivity index (χ4v) is 21.2. The van der Waals surface area contributed by atoms with Gasteiger partial charge >= 0.3 is 171 Å². The van der Waals surface area contributed by atoms with Crippen molar-refractivity contribution in [3.05, 3.63) is 24.2 Å². The van der Waals surface area contributed by atoms with Crippen LogP contribution < -0.4 is 5.32 Å². The van der Waals surface area contributed by atoms with Crippen LogP contribution in [-0.2, 0) is 4.74 Å². The molecule has 27 heavy (non-hydrogen) atoms. The third kappa shape index (κ3) is 8.49. The van der Waals surface area contributed by atoms with Crippen LogP contribution in [0.25, 0.3) is 0 Å². The standard InChI is InChI=1S/C10H14NO3.3C4H9.Sn/c1-10(2,3)14-9(12)11-6-8-4-5-13-7-8;3*1-3-4-2;/h4-7H,1-3H3,(H,11,12);3*1,3-4H2,2H3;. The Labute approximate surface area is 170 Å². The molecule has 1 aromatic heterocycles. The quantitative estimate of drug-likeness (QED) is 0.317. The first-order chi connectivity index (χ1) is 12.8. The first-order valence-corrected chi connectivity index (χ1v) is 18.5. The number of hydrogen-bond donors (Lipinski definition) is 1. The van der Waals surface area contributed by atoms with E-state index in [2.05, 4.69) is 26.1 Å². The third-order valence-electron chi connectivity index (χ3n) is 5.23. The van der Waals surface area contributed by atoms with Gasteiger partial charge in [-0.2, -0.15) is 0 Å². The molecule has 1 rings (SSSR count). The number of amides is 1. The first kappa shape index (κ1) is 24.4. The molecule has 0 aliphatic carbocycles. The molecule has 0 fully saturated rings. The fraction of sp³-hybridized carbons (Fsp3) is 0.773. The molecule has 1 unspecified atom stereocenters. The van der Waals surface area contributed by atoms with Gasteiger partial charge in [0.15, 0.2) is 0 Å². The summed E-state index contributed by atoms with van der Waals surface area (Å²) in [4.78, 5) is 12.7. The summed E-state index contributed by atoms with van der Waals surface area (Å²) in [5.41, 5.74) is 0.652. The van der Waals surface area contributed by atoms with E-state index in [0.29, 0.717) is 0 Å². The van der Waals surface area contributed by atoms with Crippen LogP contribution in [0.2, 0.25) is 13.3 Å². The zero-order valence-electron chi connectivity index (χ0n) is 18.4. The van der Waals surface area contributed by atoms with Crippen molar-refractivity contribution in [2.45, 2.75) is 103 Å². The Morgan fingerprint density at radius 3 is 1.96 bits per heavy atom. The third-order valence-corrected chi connectivity index (χ3v) is 21.6. The molecule has 5 heteroatoms. The van der Waals surface area contributed by atoms with Crippen molar-refractivity contribution in [1.82, 2.24) is 5.32 Å². The van der Waals surface area contributed by atoms with E-state index in [9.17, 15) is 4.79 Å². The van der Waals surface area contributed by atoms with Crippen molar-refractivity contribution in [2.24, 2.45) is 0 Å². The zero-order chi connectivity index (χ0) is 20.3. The monoisotopic (exact) mass is 487 g/mol. The van der Waals surface area contributed by atoms with Crippen molar-refractivity contribution in [1.29, 1.82) is 0 Å². The molecule has 0 bridgehead atoms. The van der Waals surface area contributed by atoms with Gasteiger partial charge in [0, 0.05) is 0 Å². The van der Waals surface area contributed by atoms with Gasteiger partial charge in [-0.05, 0) is 0 Å². The van der Waals surface area contributed by atoms with Crippen molar-refractivity contribution >= 4 is 24.5 Å². The summed E-state index contributed by atoms with van der Waals surface area (Å²) < 4.78 is 15.1. The van der Waals surface area contributed by atoms with Crippen LogP contribution in [0.5, 0.6) is 0 Å². The summed E-state index contributed by atoms with van der Waals surface area (Å²) in [6.07, 6.45) is 10.7. The van der Waals surface area contributed by atoms with Crippen molar-refractivity contribution in [3.63, 3.8) is 0 Å². The van der Waals surface area contributed by atoms with Crippen LogP contribution in [0.15, 0.2) is 23.0 Å². The Bertz CT molecular complexity index is 500. The minimum atomic E-state index is -2.74. The Hall–Kier alpha value is -0.651. The van der Waals surface area contributed by atoms with Gasteiger partial charge in [-0.3, -0.25) is 0 Å². The van der Waals surface area contributed by atoms with E-state index in [1.165, 1.54) is 51.8 Å². The summed E-state index contributed by atoms with van der Waals surface area (Å²) in [5, 5.41) is 3.32. The normalized spacial score (nSPS) is 13.4. The Morgan fingerprint density at radius 1 is 1.07 bits per heavy atom. The SMILES string of the molecule is CCC[CH2][Sn]([CH2]CCC)([CH2]CCC)[CH](NC(=O)OC(C)(C)C)c1ccoc1. The van der Waals surface area contributed by atoms with Gasteiger partial charge in [0.1, 0.15) is 0 Å². The van der Waals surface area contributed by atoms with Gasteiger partial charge in [0.05, 0.1) is 0 Å². The van der Waals surface area contributed by atoms with E-state index in [4.69, 9.17) is 9.15 Å². The van der Waals surface area contributed by atoms with E-state index in [1.807, 2.05) is 33.1 Å². The molecule has 0 aromatic carbocycles. The number of alkyl carbamates (subject to hydrolysis) is 1. The molecule has 1 N–H and O–H groups in total. The first-order valence-electron chi connectivity index (χ1n) is 10.8. The number of ether oxygens (including phenoxy) is 1. The van der Waals surface area contributed by atoms with Gasteiger partial charge in [-0.25, -0.2) is 0 Å². The van der Waals surface area contributed by atoms with Gasteiger partial charge in [-0.1, -0.05) is 0 Å². The maximum absolute atomic E-state index is 12.7. The van der Waals surface area contributed by atoms with Gasteiger partial charge in [0.25, 0.3) is 0 Å². The molecule has 0 saturated carbocycles. The molecule has 0 radical (unpaired) electrons. The second-order valence-corrected chi connectivity index (χ2v) is 22.5. The molecule has 0 saturated heterocycles. The van der Waals surface area contributed by atoms with Crippen molar-refractivity contribution in [2.75, 3.05) is 0 Å². The molecule has 0 spiro atoms. The van der Waals surface area contributed by atoms with Gasteiger partial charge in [0.2, 0.25) is 0 Å². The topological polar surface area (TPSA) is 51.5 Å². The average molecular weight is 486 g/mol. The summed E-state index contributed by atoms with van der Waals surface area (Å²) in [7, 11) is 0. The molecule has 4 nitrogen and oxygen atoms in total. The second kappa shape index (κ2) is 12.0. The zero-order valence-corrected chi connectivity index (χ0v) is 21.3. The molecule has 1 aromatic rings. The average Bonchev–Trinajstić information content (AvgIpc) is 3.12. The van der Waals surface area contributed by atoms with E-state index in [-0.39, 0.29) is 10.2 Å². The molecule has 1 atom stereocenters. The number of furan rings is 1. The number of rotatable bonds is 12. The van der Waals surface area contributed by atoms with E-state index in [0.717, 1.165) is 5.56 Å². The summed E-state index contributed by atoms with van der Waals surface area (Å²) >= 11 is -2.74. The molecule has 0 aliphatic rings. The summed E-state index contributed by atoms with van der Waals surface area (Å²) in [6, 6.07) is 2.04. The van der Waals surface area contributed by atoms with Crippen LogP contribution >= 0.6 is 0 Å². The number of carbonyl (C=O) groups is 1. The Kier molecular flexibility index (Phi) is 10.9. The van der Waals surface area contributed by atoms with Crippen LogP contribution in [-0.4, -0.2) is 30.1 Å². The van der Waals surface area contributed by atoms with E-state index >= 15 is 0 Å². The minimum absolute atomic E-state index is 0.123. The number of nitrogens with one attached hydrogen (secondary N) is 1. The Balaban J connectivity index is 3.22. The maximum atomic E-state index is 12.7. The van der Waals surface area contributed by atoms with Crippen LogP contribution in [0.4, 0.5) is 4.79 Å². The predicted octanol–water partition coefficient (Wildman–Crippen LogP) is 7.23. The van der Waals surface area contributed by atoms with E-state index < -0.39 is 24.0 Å². The number of unbranched alkanes of at least 4 members (excludes halogenated alkanes) is 3. The summed E-state index contributed by atoms with van der Waals surface area (Å²) in [5.74, 6) is 0. The molecule has 1 heterocycles. The molecule has 156 valence electrons. The van der Waals surface area contributed by atoms with Crippen LogP contribution in [0.1, 0.15) is 89.7 Å². The molecule has 0 aliphatic heterocycles. The van der Waals surface area contributed by atoms with E-state index in [1.54, 1.807) is 6.26 Å². The second-order valence-electron chi connectivity index (χ2n) is 8.81. The number of carbonyl (C=O) groups excluding carboxylic acids is 1. The van der Waals surface area contributed by atoms with Gasteiger partial charge in [-0.15, -0.1) is 0 Å². The summed E-state index contributed by atoms with van der Waals surface area (Å²) in [6.45, 7) is 12.6. The van der Waals surface area contributed by atoms with Crippen molar-refractivity contribution < 1.29 is 13.9 Å². The van der Waals surface area contributed by atoms with Crippen molar-refractivity contribution in [3.8, 4) is 0 Å². The molecular formula is C22H41NO3Sn. The fourth-order valence-electron chi connectivity index (χ4n) is 3.85. The van der Waals surface area contributed by atoms with Crippen LogP contribution in [0, 0.1) is 0 Å². The van der Waals surface area contributed by atoms with Gasteiger partial charge < -0.3 is 0 Å². The molecular weight excluding hydrogens is 445 g/mol.